The van der Waals surface area contributed by atoms with Gasteiger partial charge in [-0.1, -0.05) is 20.8 Å². The number of hydrogen-bond donors (Lipinski definition) is 1. The number of nitrogens with zero attached hydrogens (tertiary/aromatic N) is 3. The highest BCUT2D eigenvalue weighted by Gasteiger charge is 2.18. The number of halogens is 1. The highest BCUT2D eigenvalue weighted by Crippen LogP contribution is 2.25. The lowest BCUT2D eigenvalue weighted by Gasteiger charge is -2.27. The van der Waals surface area contributed by atoms with Crippen LogP contribution in [0.2, 0.25) is 0 Å². The summed E-state index contributed by atoms with van der Waals surface area (Å²) in [5.41, 5.74) is 7.08. The number of morpholine rings is 1. The topological polar surface area (TPSA) is 63.7 Å². The third-order valence-electron chi connectivity index (χ3n) is 2.93. The van der Waals surface area contributed by atoms with Crippen LogP contribution in [0.15, 0.2) is 10.4 Å². The van der Waals surface area contributed by atoms with Crippen LogP contribution in [0.25, 0.3) is 0 Å². The molecule has 0 atom stereocenters. The molecule has 0 aromatic carbocycles. The first kappa shape index (κ1) is 17.6. The minimum atomic E-state index is 0. The Morgan fingerprint density at radius 2 is 2.10 bits per heavy atom. The molecule has 1 aromatic heterocycles. The van der Waals surface area contributed by atoms with Gasteiger partial charge in [0.25, 0.3) is 0 Å². The maximum Gasteiger partial charge on any atom is 0.191 e. The van der Waals surface area contributed by atoms with Crippen molar-refractivity contribution < 1.29 is 4.74 Å². The fourth-order valence-corrected chi connectivity index (χ4v) is 2.68. The molecule has 2 N–H and O–H groups in total. The Morgan fingerprint density at radius 3 is 2.65 bits per heavy atom. The molecule has 2 heterocycles. The van der Waals surface area contributed by atoms with Gasteiger partial charge < -0.3 is 15.4 Å². The number of guanidine groups is 1. The van der Waals surface area contributed by atoms with Crippen molar-refractivity contribution in [1.82, 2.24) is 9.88 Å². The molecular weight excluding hydrogens is 387 g/mol. The Morgan fingerprint density at radius 1 is 1.45 bits per heavy atom. The van der Waals surface area contributed by atoms with E-state index < -0.39 is 0 Å². The van der Waals surface area contributed by atoms with Crippen molar-refractivity contribution in [2.24, 2.45) is 10.7 Å². The molecule has 5 nitrogen and oxygen atoms in total. The third-order valence-corrected chi connectivity index (χ3v) is 4.25. The Labute approximate surface area is 141 Å². The molecule has 0 bridgehead atoms. The number of rotatable bonds is 2. The summed E-state index contributed by atoms with van der Waals surface area (Å²) in [6.45, 7) is 10.1. The number of thiazole rings is 1. The van der Waals surface area contributed by atoms with Crippen LogP contribution in [0.3, 0.4) is 0 Å². The van der Waals surface area contributed by atoms with Gasteiger partial charge in [0.1, 0.15) is 0 Å². The summed E-state index contributed by atoms with van der Waals surface area (Å²) in [6, 6.07) is 0. The van der Waals surface area contributed by atoms with E-state index in [2.05, 4.69) is 41.0 Å². The maximum absolute atomic E-state index is 5.98. The molecule has 20 heavy (non-hydrogen) atoms. The maximum atomic E-state index is 5.98. The van der Waals surface area contributed by atoms with Gasteiger partial charge in [-0.2, -0.15) is 0 Å². The monoisotopic (exact) mass is 410 g/mol. The Kier molecular flexibility index (Phi) is 6.67. The van der Waals surface area contributed by atoms with Crippen molar-refractivity contribution in [3.05, 3.63) is 16.1 Å². The van der Waals surface area contributed by atoms with Crippen LogP contribution in [0.4, 0.5) is 0 Å². The zero-order chi connectivity index (χ0) is 13.9. The van der Waals surface area contributed by atoms with E-state index in [4.69, 9.17) is 10.5 Å². The summed E-state index contributed by atoms with van der Waals surface area (Å²) in [7, 11) is 0. The molecule has 114 valence electrons. The number of nitrogens with two attached hydrogens (primary N) is 1. The number of aliphatic imine (C=N–C) groups is 1. The van der Waals surface area contributed by atoms with Gasteiger partial charge in [-0.05, 0) is 0 Å². The molecule has 0 unspecified atom stereocenters. The molecule has 0 radical (unpaired) electrons. The number of hydrogen-bond acceptors (Lipinski definition) is 4. The minimum absolute atomic E-state index is 0. The van der Waals surface area contributed by atoms with Gasteiger partial charge in [0.05, 0.1) is 30.5 Å². The molecule has 0 amide bonds. The Balaban J connectivity index is 0.00000200. The van der Waals surface area contributed by atoms with E-state index in [1.165, 1.54) is 0 Å². The first-order valence-electron chi connectivity index (χ1n) is 6.54. The molecule has 1 aliphatic heterocycles. The highest BCUT2D eigenvalue weighted by molar-refractivity contribution is 14.0. The van der Waals surface area contributed by atoms with E-state index in [-0.39, 0.29) is 29.4 Å². The molecule has 7 heteroatoms. The van der Waals surface area contributed by atoms with Gasteiger partial charge in [0.2, 0.25) is 0 Å². The van der Waals surface area contributed by atoms with Crippen molar-refractivity contribution in [2.45, 2.75) is 32.7 Å². The van der Waals surface area contributed by atoms with Crippen molar-refractivity contribution in [2.75, 3.05) is 26.3 Å². The third kappa shape index (κ3) is 4.85. The molecule has 2 rings (SSSR count). The van der Waals surface area contributed by atoms with Crippen LogP contribution in [0.1, 0.15) is 31.5 Å². The van der Waals surface area contributed by atoms with Gasteiger partial charge in [-0.25, -0.2) is 9.98 Å². The van der Waals surface area contributed by atoms with E-state index in [0.717, 1.165) is 37.0 Å². The predicted octanol–water partition coefficient (Wildman–Crippen LogP) is 2.21. The van der Waals surface area contributed by atoms with Crippen LogP contribution < -0.4 is 5.73 Å². The summed E-state index contributed by atoms with van der Waals surface area (Å²) in [6.07, 6.45) is 0. The molecule has 1 fully saturated rings. The van der Waals surface area contributed by atoms with E-state index in [9.17, 15) is 0 Å². The zero-order valence-electron chi connectivity index (χ0n) is 12.3. The summed E-state index contributed by atoms with van der Waals surface area (Å²) in [5.74, 6) is 0.591. The number of aromatic nitrogens is 1. The zero-order valence-corrected chi connectivity index (χ0v) is 15.4. The van der Waals surface area contributed by atoms with Gasteiger partial charge in [-0.3, -0.25) is 0 Å². The standard InChI is InChI=1S/C13H22N4OS.HI/c1-13(2,3)11-16-10(9-19-11)8-15-12(14)17-4-6-18-7-5-17;/h9H,4-8H2,1-3H3,(H2,14,15);1H. The summed E-state index contributed by atoms with van der Waals surface area (Å²) < 4.78 is 5.29. The predicted molar refractivity (Wildman–Crippen MR) is 93.9 cm³/mol. The van der Waals surface area contributed by atoms with E-state index in [0.29, 0.717) is 12.5 Å². The van der Waals surface area contributed by atoms with Gasteiger partial charge in [0.15, 0.2) is 5.96 Å². The molecule has 0 saturated carbocycles. The molecular formula is C13H23IN4OS. The fourth-order valence-electron chi connectivity index (χ4n) is 1.78. The van der Waals surface area contributed by atoms with Gasteiger partial charge in [0, 0.05) is 23.9 Å². The summed E-state index contributed by atoms with van der Waals surface area (Å²) >= 11 is 1.69. The summed E-state index contributed by atoms with van der Waals surface area (Å²) in [5, 5.41) is 3.21. The molecule has 1 saturated heterocycles. The summed E-state index contributed by atoms with van der Waals surface area (Å²) in [4.78, 5) is 11.1. The van der Waals surface area contributed by atoms with E-state index in [1.807, 2.05) is 0 Å². The average Bonchev–Trinajstić information content (AvgIpc) is 2.86. The lowest BCUT2D eigenvalue weighted by molar-refractivity contribution is 0.0674. The van der Waals surface area contributed by atoms with Crippen LogP contribution in [-0.2, 0) is 16.7 Å². The highest BCUT2D eigenvalue weighted by atomic mass is 127. The lowest BCUT2D eigenvalue weighted by atomic mass is 9.98. The van der Waals surface area contributed by atoms with Gasteiger partial charge >= 0.3 is 0 Å². The Bertz CT molecular complexity index is 449. The number of ether oxygens (including phenoxy) is 1. The second-order valence-electron chi connectivity index (χ2n) is 5.67. The SMILES string of the molecule is CC(C)(C)c1nc(CN=C(N)N2CCOCC2)cs1.I. The quantitative estimate of drug-likeness (QED) is 0.461. The molecule has 1 aromatic rings. The van der Waals surface area contributed by atoms with Crippen LogP contribution in [0, 0.1) is 0 Å². The first-order valence-corrected chi connectivity index (χ1v) is 7.42. The average molecular weight is 410 g/mol. The molecule has 0 aliphatic carbocycles. The van der Waals surface area contributed by atoms with Crippen molar-refractivity contribution in [1.29, 1.82) is 0 Å². The van der Waals surface area contributed by atoms with E-state index in [1.54, 1.807) is 11.3 Å². The second-order valence-corrected chi connectivity index (χ2v) is 6.53. The van der Waals surface area contributed by atoms with Crippen molar-refractivity contribution in [3.8, 4) is 0 Å². The molecule has 1 aliphatic rings. The van der Waals surface area contributed by atoms with Crippen molar-refractivity contribution in [3.63, 3.8) is 0 Å². The molecule has 0 spiro atoms. The van der Waals surface area contributed by atoms with Crippen LogP contribution in [0.5, 0.6) is 0 Å². The largest absolute Gasteiger partial charge is 0.378 e. The van der Waals surface area contributed by atoms with Crippen molar-refractivity contribution >= 4 is 41.3 Å². The van der Waals surface area contributed by atoms with E-state index >= 15 is 0 Å². The van der Waals surface area contributed by atoms with Gasteiger partial charge in [-0.15, -0.1) is 35.3 Å². The van der Waals surface area contributed by atoms with Crippen LogP contribution >= 0.6 is 35.3 Å². The second kappa shape index (κ2) is 7.56. The lowest BCUT2D eigenvalue weighted by Crippen LogP contribution is -2.44. The minimum Gasteiger partial charge on any atom is -0.378 e. The normalized spacial score (nSPS) is 16.9. The smallest absolute Gasteiger partial charge is 0.191 e. The fraction of sp³-hybridized carbons (Fsp3) is 0.692. The first-order chi connectivity index (χ1) is 8.97. The Hall–Kier alpha value is -0.410. The van der Waals surface area contributed by atoms with Crippen LogP contribution in [-0.4, -0.2) is 42.1 Å².